The first-order valence-corrected chi connectivity index (χ1v) is 8.35. The minimum Gasteiger partial charge on any atom is -0.365 e. The van der Waals surface area contributed by atoms with E-state index in [1.54, 1.807) is 6.92 Å². The van der Waals surface area contributed by atoms with Gasteiger partial charge in [0, 0.05) is 41.3 Å². The molecule has 1 unspecified atom stereocenters. The Morgan fingerprint density at radius 3 is 2.76 bits per heavy atom. The van der Waals surface area contributed by atoms with E-state index in [0.29, 0.717) is 5.56 Å². The van der Waals surface area contributed by atoms with Crippen LogP contribution in [0.4, 0.5) is 5.69 Å². The van der Waals surface area contributed by atoms with Crippen LogP contribution in [0.3, 0.4) is 0 Å². The summed E-state index contributed by atoms with van der Waals surface area (Å²) in [5.74, 6) is 0.0652. The molecular weight excluding hydrogens is 310 g/mol. The van der Waals surface area contributed by atoms with E-state index >= 15 is 0 Å². The number of pyridine rings is 1. The van der Waals surface area contributed by atoms with E-state index in [9.17, 15) is 4.79 Å². The van der Waals surface area contributed by atoms with Gasteiger partial charge in [0.05, 0.1) is 0 Å². The first-order chi connectivity index (χ1) is 12.2. The van der Waals surface area contributed by atoms with Crippen LogP contribution in [-0.4, -0.2) is 10.8 Å². The number of rotatable bonds is 4. The highest BCUT2D eigenvalue weighted by atomic mass is 16.1. The lowest BCUT2D eigenvalue weighted by atomic mass is 9.92. The van der Waals surface area contributed by atoms with Crippen LogP contribution in [0.2, 0.25) is 0 Å². The fourth-order valence-corrected chi connectivity index (χ4v) is 3.21. The Bertz CT molecular complexity index is 921. The third-order valence-corrected chi connectivity index (χ3v) is 4.54. The second-order valence-corrected chi connectivity index (χ2v) is 6.22. The van der Waals surface area contributed by atoms with Crippen molar-refractivity contribution in [3.8, 4) is 11.1 Å². The van der Waals surface area contributed by atoms with Gasteiger partial charge in [-0.2, -0.15) is 0 Å². The molecule has 4 rings (SSSR count). The number of Topliss-reactive ketones (excluding diaryl/α,β-unsaturated/α-hetero) is 1. The second-order valence-electron chi connectivity index (χ2n) is 6.22. The van der Waals surface area contributed by atoms with Gasteiger partial charge >= 0.3 is 0 Å². The third kappa shape index (κ3) is 3.04. The Kier molecular flexibility index (Phi) is 4.04. The van der Waals surface area contributed by atoms with Gasteiger partial charge in [-0.05, 0) is 30.2 Å². The highest BCUT2D eigenvalue weighted by Gasteiger charge is 2.24. The molecule has 2 aromatic carbocycles. The molecule has 4 nitrogen and oxygen atoms in total. The van der Waals surface area contributed by atoms with Crippen molar-refractivity contribution < 1.29 is 4.79 Å². The highest BCUT2D eigenvalue weighted by molar-refractivity contribution is 5.97. The molecule has 0 amide bonds. The minimum atomic E-state index is -0.0343. The molecule has 1 aliphatic rings. The number of aromatic nitrogens is 1. The van der Waals surface area contributed by atoms with E-state index in [1.807, 2.05) is 54.9 Å². The lowest BCUT2D eigenvalue weighted by Crippen LogP contribution is -2.30. The predicted molar refractivity (Wildman–Crippen MR) is 99.3 cm³/mol. The molecule has 3 aromatic rings. The van der Waals surface area contributed by atoms with Gasteiger partial charge in [-0.1, -0.05) is 42.5 Å². The first kappa shape index (κ1) is 15.5. The molecule has 2 N–H and O–H groups in total. The minimum absolute atomic E-state index is 0.0343. The molecule has 2 heterocycles. The largest absolute Gasteiger partial charge is 0.365 e. The molecular formula is C21H19N3O. The average Bonchev–Trinajstić information content (AvgIpc) is 2.66. The van der Waals surface area contributed by atoms with Gasteiger partial charge in [0.2, 0.25) is 0 Å². The van der Waals surface area contributed by atoms with Crippen molar-refractivity contribution in [2.24, 2.45) is 0 Å². The van der Waals surface area contributed by atoms with Crippen LogP contribution in [0.15, 0.2) is 67.0 Å². The molecule has 25 heavy (non-hydrogen) atoms. The maximum absolute atomic E-state index is 11.7. The Morgan fingerprint density at radius 1 is 1.12 bits per heavy atom. The summed E-state index contributed by atoms with van der Waals surface area (Å²) in [6.07, 6.45) is 3.67. The SMILES string of the molecule is CC(=O)c1ccc2c(c1)NC(NCc1ccccc1)c1ccncc1-2. The van der Waals surface area contributed by atoms with E-state index in [0.717, 1.165) is 28.9 Å². The van der Waals surface area contributed by atoms with Crippen molar-refractivity contribution in [1.29, 1.82) is 0 Å². The summed E-state index contributed by atoms with van der Waals surface area (Å²) in [7, 11) is 0. The molecule has 0 saturated carbocycles. The normalized spacial score (nSPS) is 15.0. The van der Waals surface area contributed by atoms with Gasteiger partial charge in [0.15, 0.2) is 5.78 Å². The average molecular weight is 329 g/mol. The molecule has 1 aliphatic heterocycles. The zero-order valence-electron chi connectivity index (χ0n) is 14.0. The fraction of sp³-hybridized carbons (Fsp3) is 0.143. The number of fused-ring (bicyclic) bond motifs is 3. The number of nitrogens with one attached hydrogen (secondary N) is 2. The summed E-state index contributed by atoms with van der Waals surface area (Å²) in [4.78, 5) is 16.0. The smallest absolute Gasteiger partial charge is 0.159 e. The molecule has 1 aromatic heterocycles. The summed E-state index contributed by atoms with van der Waals surface area (Å²) in [6.45, 7) is 2.34. The molecule has 124 valence electrons. The molecule has 4 heteroatoms. The van der Waals surface area contributed by atoms with Crippen LogP contribution in [0.5, 0.6) is 0 Å². The van der Waals surface area contributed by atoms with Crippen molar-refractivity contribution >= 4 is 11.5 Å². The molecule has 1 atom stereocenters. The van der Waals surface area contributed by atoms with Crippen molar-refractivity contribution in [2.45, 2.75) is 19.6 Å². The molecule has 0 aliphatic carbocycles. The van der Waals surface area contributed by atoms with E-state index in [-0.39, 0.29) is 11.9 Å². The molecule has 0 bridgehead atoms. The topological polar surface area (TPSA) is 54.0 Å². The van der Waals surface area contributed by atoms with Gasteiger partial charge in [-0.3, -0.25) is 15.1 Å². The summed E-state index contributed by atoms with van der Waals surface area (Å²) >= 11 is 0. The van der Waals surface area contributed by atoms with Gasteiger partial charge in [-0.15, -0.1) is 0 Å². The Hall–Kier alpha value is -2.98. The summed E-state index contributed by atoms with van der Waals surface area (Å²) in [5, 5.41) is 7.09. The van der Waals surface area contributed by atoms with Gasteiger partial charge in [-0.25, -0.2) is 0 Å². The van der Waals surface area contributed by atoms with Crippen LogP contribution in [-0.2, 0) is 6.54 Å². The maximum Gasteiger partial charge on any atom is 0.159 e. The Morgan fingerprint density at radius 2 is 1.96 bits per heavy atom. The van der Waals surface area contributed by atoms with Gasteiger partial charge in [0.1, 0.15) is 6.17 Å². The molecule has 0 spiro atoms. The zero-order valence-corrected chi connectivity index (χ0v) is 14.0. The first-order valence-electron chi connectivity index (χ1n) is 8.35. The number of carbonyl (C=O) groups excluding carboxylic acids is 1. The number of ketones is 1. The standard InChI is InChI=1S/C21H19N3O/c1-14(25)16-7-8-17-19-13-22-10-9-18(19)21(24-20(17)11-16)23-12-15-5-3-2-4-6-15/h2-11,13,21,23-24H,12H2,1H3. The maximum atomic E-state index is 11.7. The van der Waals surface area contributed by atoms with Crippen LogP contribution < -0.4 is 10.6 Å². The number of hydrogen-bond donors (Lipinski definition) is 2. The van der Waals surface area contributed by atoms with Crippen LogP contribution in [0.25, 0.3) is 11.1 Å². The quantitative estimate of drug-likeness (QED) is 0.706. The Labute approximate surface area is 146 Å². The summed E-state index contributed by atoms with van der Waals surface area (Å²) in [5.41, 5.74) is 6.22. The predicted octanol–water partition coefficient (Wildman–Crippen LogP) is 4.17. The second kappa shape index (κ2) is 6.49. The number of hydrogen-bond acceptors (Lipinski definition) is 4. The summed E-state index contributed by atoms with van der Waals surface area (Å²) < 4.78 is 0. The highest BCUT2D eigenvalue weighted by Crippen LogP contribution is 2.39. The summed E-state index contributed by atoms with van der Waals surface area (Å²) in [6, 6.07) is 18.1. The van der Waals surface area contributed by atoms with Gasteiger partial charge in [0.25, 0.3) is 0 Å². The van der Waals surface area contributed by atoms with Crippen LogP contribution in [0.1, 0.15) is 34.6 Å². The fourth-order valence-electron chi connectivity index (χ4n) is 3.21. The Balaban J connectivity index is 1.68. The van der Waals surface area contributed by atoms with E-state index in [4.69, 9.17) is 0 Å². The molecule has 0 radical (unpaired) electrons. The van der Waals surface area contributed by atoms with Crippen molar-refractivity contribution in [2.75, 3.05) is 5.32 Å². The van der Waals surface area contributed by atoms with E-state index < -0.39 is 0 Å². The van der Waals surface area contributed by atoms with E-state index in [1.165, 1.54) is 5.56 Å². The molecule has 0 saturated heterocycles. The van der Waals surface area contributed by atoms with Crippen LogP contribution in [0, 0.1) is 0 Å². The third-order valence-electron chi connectivity index (χ3n) is 4.54. The van der Waals surface area contributed by atoms with Crippen molar-refractivity contribution in [3.63, 3.8) is 0 Å². The lowest BCUT2D eigenvalue weighted by Gasteiger charge is -2.30. The van der Waals surface area contributed by atoms with Crippen molar-refractivity contribution in [3.05, 3.63) is 83.7 Å². The number of benzene rings is 2. The van der Waals surface area contributed by atoms with Crippen molar-refractivity contribution in [1.82, 2.24) is 10.3 Å². The molecule has 0 fully saturated rings. The lowest BCUT2D eigenvalue weighted by molar-refractivity contribution is 0.101. The van der Waals surface area contributed by atoms with Crippen LogP contribution >= 0.6 is 0 Å². The monoisotopic (exact) mass is 329 g/mol. The van der Waals surface area contributed by atoms with Gasteiger partial charge < -0.3 is 5.32 Å². The zero-order chi connectivity index (χ0) is 17.2. The number of carbonyl (C=O) groups is 1. The number of anilines is 1. The number of nitrogens with zero attached hydrogens (tertiary/aromatic N) is 1. The van der Waals surface area contributed by atoms with E-state index in [2.05, 4.69) is 27.8 Å².